The van der Waals surface area contributed by atoms with Crippen molar-refractivity contribution in [3.05, 3.63) is 82.2 Å². The van der Waals surface area contributed by atoms with Crippen molar-refractivity contribution in [1.29, 1.82) is 0 Å². The minimum absolute atomic E-state index is 0.153. The van der Waals surface area contributed by atoms with Gasteiger partial charge in [0.1, 0.15) is 0 Å². The maximum atomic E-state index is 13.0. The molecule has 1 aliphatic rings. The molecule has 1 aliphatic carbocycles. The summed E-state index contributed by atoms with van der Waals surface area (Å²) < 4.78 is 0. The summed E-state index contributed by atoms with van der Waals surface area (Å²) in [4.78, 5) is 13.9. The largest absolute Gasteiger partial charge is 0.347 e. The van der Waals surface area contributed by atoms with Gasteiger partial charge in [-0.2, -0.15) is 0 Å². The number of para-hydroxylation sites is 1. The highest BCUT2D eigenvalue weighted by Crippen LogP contribution is 2.40. The number of thiophene rings is 1. The molecule has 3 aromatic rings. The van der Waals surface area contributed by atoms with Crippen LogP contribution in [0, 0.1) is 0 Å². The first-order valence-corrected chi connectivity index (χ1v) is 9.21. The van der Waals surface area contributed by atoms with Crippen LogP contribution in [0.25, 0.3) is 0 Å². The Hall–Kier alpha value is -2.39. The molecule has 1 heterocycles. The van der Waals surface area contributed by atoms with E-state index in [9.17, 15) is 4.79 Å². The third-order valence-corrected chi connectivity index (χ3v) is 5.68. The van der Waals surface area contributed by atoms with E-state index in [0.29, 0.717) is 0 Å². The van der Waals surface area contributed by atoms with Crippen LogP contribution in [0.3, 0.4) is 0 Å². The summed E-state index contributed by atoms with van der Waals surface area (Å²) in [5.74, 6) is 0.153. The van der Waals surface area contributed by atoms with Crippen molar-refractivity contribution >= 4 is 27.8 Å². The van der Waals surface area contributed by atoms with E-state index < -0.39 is 0 Å². The summed E-state index contributed by atoms with van der Waals surface area (Å²) in [6.45, 7) is 0. The molecule has 4 rings (SSSR count). The Bertz CT molecular complexity index is 852. The van der Waals surface area contributed by atoms with Gasteiger partial charge in [-0.1, -0.05) is 48.5 Å². The summed E-state index contributed by atoms with van der Waals surface area (Å²) in [5.41, 5.74) is 4.46. The molecular formula is C21H19NOS. The lowest BCUT2D eigenvalue weighted by molar-refractivity contribution is 0.104. The molecule has 0 unspecified atom stereocenters. The SMILES string of the molecule is O=C(c1ccccc1)c1sc(Nc2ccccc2)c2c1CCCC2. The molecule has 2 aromatic carbocycles. The maximum absolute atomic E-state index is 13.0. The van der Waals surface area contributed by atoms with E-state index >= 15 is 0 Å². The fourth-order valence-corrected chi connectivity index (χ4v) is 4.57. The maximum Gasteiger partial charge on any atom is 0.203 e. The number of hydrogen-bond acceptors (Lipinski definition) is 3. The van der Waals surface area contributed by atoms with Crippen molar-refractivity contribution in [1.82, 2.24) is 0 Å². The van der Waals surface area contributed by atoms with Gasteiger partial charge in [-0.05, 0) is 48.9 Å². The average Bonchev–Trinajstić information content (AvgIpc) is 3.01. The molecule has 0 bridgehead atoms. The first kappa shape index (κ1) is 15.2. The minimum Gasteiger partial charge on any atom is -0.347 e. The zero-order chi connectivity index (χ0) is 16.4. The van der Waals surface area contributed by atoms with Gasteiger partial charge in [0.2, 0.25) is 5.78 Å². The van der Waals surface area contributed by atoms with Gasteiger partial charge in [-0.15, -0.1) is 11.3 Å². The molecule has 0 amide bonds. The van der Waals surface area contributed by atoms with Gasteiger partial charge in [-0.3, -0.25) is 4.79 Å². The molecule has 1 aromatic heterocycles. The Balaban J connectivity index is 1.74. The van der Waals surface area contributed by atoms with Crippen molar-refractivity contribution in [3.63, 3.8) is 0 Å². The van der Waals surface area contributed by atoms with Gasteiger partial charge in [-0.25, -0.2) is 0 Å². The second-order valence-corrected chi connectivity index (χ2v) is 7.13. The number of hydrogen-bond donors (Lipinski definition) is 1. The minimum atomic E-state index is 0.153. The topological polar surface area (TPSA) is 29.1 Å². The number of anilines is 2. The molecular weight excluding hydrogens is 314 g/mol. The highest BCUT2D eigenvalue weighted by atomic mass is 32.1. The molecule has 0 radical (unpaired) electrons. The number of carbonyl (C=O) groups is 1. The van der Waals surface area contributed by atoms with Gasteiger partial charge in [0, 0.05) is 11.3 Å². The lowest BCUT2D eigenvalue weighted by Crippen LogP contribution is -2.07. The predicted molar refractivity (Wildman–Crippen MR) is 101 cm³/mol. The van der Waals surface area contributed by atoms with Crippen LogP contribution in [0.15, 0.2) is 60.7 Å². The second kappa shape index (κ2) is 6.62. The van der Waals surface area contributed by atoms with Crippen LogP contribution in [-0.4, -0.2) is 5.78 Å². The number of ketones is 1. The van der Waals surface area contributed by atoms with Crippen LogP contribution in [0.5, 0.6) is 0 Å². The number of fused-ring (bicyclic) bond motifs is 1. The summed E-state index contributed by atoms with van der Waals surface area (Å²) in [7, 11) is 0. The molecule has 3 heteroatoms. The molecule has 2 nitrogen and oxygen atoms in total. The average molecular weight is 333 g/mol. The molecule has 0 saturated carbocycles. The summed E-state index contributed by atoms with van der Waals surface area (Å²) in [6.07, 6.45) is 4.44. The molecule has 0 spiro atoms. The third kappa shape index (κ3) is 2.87. The van der Waals surface area contributed by atoms with E-state index in [4.69, 9.17) is 0 Å². The van der Waals surface area contributed by atoms with E-state index in [2.05, 4.69) is 17.4 Å². The fourth-order valence-electron chi connectivity index (χ4n) is 3.29. The molecule has 0 aliphatic heterocycles. The lowest BCUT2D eigenvalue weighted by atomic mass is 9.91. The van der Waals surface area contributed by atoms with Crippen molar-refractivity contribution in [2.24, 2.45) is 0 Å². The predicted octanol–water partition coefficient (Wildman–Crippen LogP) is 5.60. The number of nitrogens with one attached hydrogen (secondary N) is 1. The van der Waals surface area contributed by atoms with E-state index in [1.54, 1.807) is 11.3 Å². The molecule has 24 heavy (non-hydrogen) atoms. The Labute approximate surface area is 146 Å². The summed E-state index contributed by atoms with van der Waals surface area (Å²) in [6, 6.07) is 19.8. The molecule has 0 atom stereocenters. The van der Waals surface area contributed by atoms with Crippen LogP contribution < -0.4 is 5.32 Å². The zero-order valence-electron chi connectivity index (χ0n) is 13.4. The molecule has 120 valence electrons. The quantitative estimate of drug-likeness (QED) is 0.630. The normalized spacial score (nSPS) is 13.3. The van der Waals surface area contributed by atoms with Gasteiger partial charge in [0.25, 0.3) is 0 Å². The Morgan fingerprint density at radius 3 is 2.17 bits per heavy atom. The van der Waals surface area contributed by atoms with Gasteiger partial charge in [0.15, 0.2) is 0 Å². The number of benzene rings is 2. The molecule has 0 saturated heterocycles. The van der Waals surface area contributed by atoms with Crippen LogP contribution in [0.1, 0.15) is 39.2 Å². The van der Waals surface area contributed by atoms with E-state index in [1.165, 1.54) is 24.0 Å². The van der Waals surface area contributed by atoms with Crippen molar-refractivity contribution < 1.29 is 4.79 Å². The van der Waals surface area contributed by atoms with Gasteiger partial charge in [0.05, 0.1) is 9.88 Å². The standard InChI is InChI=1S/C21H19NOS/c23-19(15-9-3-1-4-10-15)20-17-13-7-8-14-18(17)21(24-20)22-16-11-5-2-6-12-16/h1-6,9-12,22H,7-8,13-14H2. The van der Waals surface area contributed by atoms with Crippen LogP contribution in [0.2, 0.25) is 0 Å². The summed E-state index contributed by atoms with van der Waals surface area (Å²) >= 11 is 1.61. The Kier molecular flexibility index (Phi) is 4.18. The number of rotatable bonds is 4. The van der Waals surface area contributed by atoms with Crippen molar-refractivity contribution in [3.8, 4) is 0 Å². The van der Waals surface area contributed by atoms with Crippen LogP contribution >= 0.6 is 11.3 Å². The highest BCUT2D eigenvalue weighted by molar-refractivity contribution is 7.18. The lowest BCUT2D eigenvalue weighted by Gasteiger charge is -2.14. The summed E-state index contributed by atoms with van der Waals surface area (Å²) in [5, 5.41) is 4.66. The fraction of sp³-hybridized carbons (Fsp3) is 0.190. The van der Waals surface area contributed by atoms with Crippen molar-refractivity contribution in [2.45, 2.75) is 25.7 Å². The highest BCUT2D eigenvalue weighted by Gasteiger charge is 2.25. The third-order valence-electron chi connectivity index (χ3n) is 4.49. The monoisotopic (exact) mass is 333 g/mol. The zero-order valence-corrected chi connectivity index (χ0v) is 14.2. The van der Waals surface area contributed by atoms with Gasteiger partial charge >= 0.3 is 0 Å². The number of carbonyl (C=O) groups excluding carboxylic acids is 1. The van der Waals surface area contributed by atoms with Gasteiger partial charge < -0.3 is 5.32 Å². The van der Waals surface area contributed by atoms with Crippen LogP contribution in [0.4, 0.5) is 10.7 Å². The smallest absolute Gasteiger partial charge is 0.203 e. The van der Waals surface area contributed by atoms with Crippen molar-refractivity contribution in [2.75, 3.05) is 5.32 Å². The first-order valence-electron chi connectivity index (χ1n) is 8.39. The van der Waals surface area contributed by atoms with Crippen LogP contribution in [-0.2, 0) is 12.8 Å². The Morgan fingerprint density at radius 1 is 0.833 bits per heavy atom. The first-order chi connectivity index (χ1) is 11.8. The van der Waals surface area contributed by atoms with E-state index in [1.807, 2.05) is 48.5 Å². The van der Waals surface area contributed by atoms with E-state index in [-0.39, 0.29) is 5.78 Å². The Morgan fingerprint density at radius 2 is 1.46 bits per heavy atom. The molecule has 1 N–H and O–H groups in total. The van der Waals surface area contributed by atoms with E-state index in [0.717, 1.165) is 34.0 Å². The molecule has 0 fully saturated rings. The second-order valence-electron chi connectivity index (χ2n) is 6.11.